The van der Waals surface area contributed by atoms with Crippen molar-refractivity contribution in [2.75, 3.05) is 20.2 Å². The Bertz CT molecular complexity index is 532. The summed E-state index contributed by atoms with van der Waals surface area (Å²) >= 11 is 0. The first-order valence-electron chi connectivity index (χ1n) is 7.21. The van der Waals surface area contributed by atoms with Gasteiger partial charge in [0.15, 0.2) is 0 Å². The molecule has 0 unspecified atom stereocenters. The van der Waals surface area contributed by atoms with Crippen LogP contribution >= 0.6 is 0 Å². The summed E-state index contributed by atoms with van der Waals surface area (Å²) in [5, 5.41) is 0. The van der Waals surface area contributed by atoms with Crippen molar-refractivity contribution in [3.63, 3.8) is 0 Å². The second-order valence-electron chi connectivity index (χ2n) is 5.45. The van der Waals surface area contributed by atoms with Crippen molar-refractivity contribution in [3.05, 3.63) is 42.2 Å². The maximum atomic E-state index is 5.67. The summed E-state index contributed by atoms with van der Waals surface area (Å²) in [6, 6.07) is 10.2. The van der Waals surface area contributed by atoms with Crippen LogP contribution in [0, 0.1) is 0 Å². The summed E-state index contributed by atoms with van der Waals surface area (Å²) in [5.74, 6) is 0.936. The molecule has 0 saturated carbocycles. The van der Waals surface area contributed by atoms with Gasteiger partial charge in [-0.15, -0.1) is 0 Å². The quantitative estimate of drug-likeness (QED) is 0.909. The molecule has 4 nitrogen and oxygen atoms in total. The van der Waals surface area contributed by atoms with Crippen molar-refractivity contribution in [1.82, 2.24) is 14.9 Å². The van der Waals surface area contributed by atoms with Crippen LogP contribution in [-0.4, -0.2) is 41.2 Å². The molecule has 2 aromatic rings. The van der Waals surface area contributed by atoms with Crippen LogP contribution in [0.4, 0.5) is 0 Å². The molecule has 0 aliphatic carbocycles. The van der Waals surface area contributed by atoms with Gasteiger partial charge in [-0.05, 0) is 19.9 Å². The molecular weight excluding hydrogens is 250 g/mol. The molecule has 0 bridgehead atoms. The minimum atomic E-state index is 0.400. The third kappa shape index (κ3) is 3.26. The van der Waals surface area contributed by atoms with Gasteiger partial charge in [0.2, 0.25) is 0 Å². The SMILES string of the molecule is CN(Cc1cnc(-c2ccccc2)[nH]1)C[C@@H]1CCCO1. The average Bonchev–Trinajstić information content (AvgIpc) is 3.11. The van der Waals surface area contributed by atoms with Gasteiger partial charge in [0.1, 0.15) is 5.82 Å². The molecule has 0 amide bonds. The van der Waals surface area contributed by atoms with Gasteiger partial charge in [-0.25, -0.2) is 4.98 Å². The summed E-state index contributed by atoms with van der Waals surface area (Å²) in [6.45, 7) is 2.78. The van der Waals surface area contributed by atoms with E-state index in [-0.39, 0.29) is 0 Å². The van der Waals surface area contributed by atoms with E-state index < -0.39 is 0 Å². The van der Waals surface area contributed by atoms with Crippen LogP contribution in [0.3, 0.4) is 0 Å². The Labute approximate surface area is 119 Å². The van der Waals surface area contributed by atoms with Crippen LogP contribution < -0.4 is 0 Å². The van der Waals surface area contributed by atoms with E-state index >= 15 is 0 Å². The fourth-order valence-corrected chi connectivity index (χ4v) is 2.67. The van der Waals surface area contributed by atoms with E-state index in [1.165, 1.54) is 12.8 Å². The molecule has 4 heteroatoms. The number of imidazole rings is 1. The summed E-state index contributed by atoms with van der Waals surface area (Å²) in [6.07, 6.45) is 4.70. The molecule has 106 valence electrons. The van der Waals surface area contributed by atoms with E-state index in [1.54, 1.807) is 0 Å². The van der Waals surface area contributed by atoms with Crippen molar-refractivity contribution < 1.29 is 4.74 Å². The number of hydrogen-bond acceptors (Lipinski definition) is 3. The Morgan fingerprint density at radius 1 is 1.35 bits per heavy atom. The van der Waals surface area contributed by atoms with Crippen LogP contribution in [0.5, 0.6) is 0 Å². The summed E-state index contributed by atoms with van der Waals surface area (Å²) < 4.78 is 5.67. The van der Waals surface area contributed by atoms with Crippen molar-refractivity contribution in [2.24, 2.45) is 0 Å². The Morgan fingerprint density at radius 3 is 2.95 bits per heavy atom. The van der Waals surface area contributed by atoms with Gasteiger partial charge in [-0.3, -0.25) is 4.90 Å². The number of ether oxygens (including phenoxy) is 1. The predicted molar refractivity (Wildman–Crippen MR) is 79.3 cm³/mol. The van der Waals surface area contributed by atoms with Crippen LogP contribution in [0.2, 0.25) is 0 Å². The van der Waals surface area contributed by atoms with Crippen molar-refractivity contribution in [1.29, 1.82) is 0 Å². The van der Waals surface area contributed by atoms with Crippen molar-refractivity contribution >= 4 is 0 Å². The monoisotopic (exact) mass is 271 g/mol. The van der Waals surface area contributed by atoms with E-state index in [2.05, 4.69) is 34.0 Å². The Balaban J connectivity index is 1.59. The van der Waals surface area contributed by atoms with E-state index in [0.717, 1.165) is 36.8 Å². The van der Waals surface area contributed by atoms with Gasteiger partial charge < -0.3 is 9.72 Å². The Morgan fingerprint density at radius 2 is 2.20 bits per heavy atom. The lowest BCUT2D eigenvalue weighted by molar-refractivity contribution is 0.0790. The molecule has 1 atom stereocenters. The maximum absolute atomic E-state index is 5.67. The van der Waals surface area contributed by atoms with E-state index in [4.69, 9.17) is 4.74 Å². The van der Waals surface area contributed by atoms with Gasteiger partial charge in [0, 0.05) is 37.2 Å². The lowest BCUT2D eigenvalue weighted by Gasteiger charge is -2.19. The maximum Gasteiger partial charge on any atom is 0.137 e. The number of hydrogen-bond donors (Lipinski definition) is 1. The van der Waals surface area contributed by atoms with Crippen LogP contribution in [0.25, 0.3) is 11.4 Å². The first kappa shape index (κ1) is 13.3. The zero-order chi connectivity index (χ0) is 13.8. The zero-order valence-electron chi connectivity index (χ0n) is 11.9. The second kappa shape index (κ2) is 6.20. The van der Waals surface area contributed by atoms with E-state index in [9.17, 15) is 0 Å². The van der Waals surface area contributed by atoms with Gasteiger partial charge in [0.05, 0.1) is 6.10 Å². The predicted octanol–water partition coefficient (Wildman–Crippen LogP) is 2.69. The Hall–Kier alpha value is -1.65. The zero-order valence-corrected chi connectivity index (χ0v) is 11.9. The van der Waals surface area contributed by atoms with Crippen molar-refractivity contribution in [3.8, 4) is 11.4 Å². The standard InChI is InChI=1S/C16H21N3O/c1-19(12-15-8-5-9-20-15)11-14-10-17-16(18-14)13-6-3-2-4-7-13/h2-4,6-7,10,15H,5,8-9,11-12H2,1H3,(H,17,18)/t15-/m0/s1. The third-order valence-electron chi connectivity index (χ3n) is 3.66. The summed E-state index contributed by atoms with van der Waals surface area (Å²) in [7, 11) is 2.13. The normalized spacial score (nSPS) is 18.8. The number of nitrogens with one attached hydrogen (secondary N) is 1. The molecule has 3 rings (SSSR count). The molecule has 20 heavy (non-hydrogen) atoms. The van der Waals surface area contributed by atoms with E-state index in [0.29, 0.717) is 6.10 Å². The second-order valence-corrected chi connectivity index (χ2v) is 5.45. The molecular formula is C16H21N3O. The number of likely N-dealkylation sites (N-methyl/N-ethyl adjacent to an activating group) is 1. The fourth-order valence-electron chi connectivity index (χ4n) is 2.67. The highest BCUT2D eigenvalue weighted by Gasteiger charge is 2.17. The third-order valence-corrected chi connectivity index (χ3v) is 3.66. The van der Waals surface area contributed by atoms with Crippen LogP contribution in [0.15, 0.2) is 36.5 Å². The topological polar surface area (TPSA) is 41.2 Å². The highest BCUT2D eigenvalue weighted by Crippen LogP contribution is 2.16. The molecule has 1 saturated heterocycles. The number of aromatic nitrogens is 2. The molecule has 1 fully saturated rings. The summed E-state index contributed by atoms with van der Waals surface area (Å²) in [4.78, 5) is 10.1. The van der Waals surface area contributed by atoms with Crippen LogP contribution in [-0.2, 0) is 11.3 Å². The van der Waals surface area contributed by atoms with Gasteiger partial charge in [-0.2, -0.15) is 0 Å². The van der Waals surface area contributed by atoms with Gasteiger partial charge >= 0.3 is 0 Å². The molecule has 2 heterocycles. The lowest BCUT2D eigenvalue weighted by atomic mass is 10.2. The minimum Gasteiger partial charge on any atom is -0.377 e. The number of benzene rings is 1. The van der Waals surface area contributed by atoms with Crippen molar-refractivity contribution in [2.45, 2.75) is 25.5 Å². The minimum absolute atomic E-state index is 0.400. The molecule has 1 aliphatic heterocycles. The summed E-state index contributed by atoms with van der Waals surface area (Å²) in [5.41, 5.74) is 2.27. The first-order valence-corrected chi connectivity index (χ1v) is 7.21. The molecule has 1 N–H and O–H groups in total. The number of rotatable bonds is 5. The van der Waals surface area contributed by atoms with Gasteiger partial charge in [-0.1, -0.05) is 30.3 Å². The molecule has 1 aromatic carbocycles. The average molecular weight is 271 g/mol. The first-order chi connectivity index (χ1) is 9.81. The fraction of sp³-hybridized carbons (Fsp3) is 0.438. The van der Waals surface area contributed by atoms with Crippen LogP contribution in [0.1, 0.15) is 18.5 Å². The molecule has 0 radical (unpaired) electrons. The van der Waals surface area contributed by atoms with E-state index in [1.807, 2.05) is 24.4 Å². The number of aromatic amines is 1. The smallest absolute Gasteiger partial charge is 0.137 e. The highest BCUT2D eigenvalue weighted by molar-refractivity contribution is 5.54. The Kier molecular flexibility index (Phi) is 4.14. The lowest BCUT2D eigenvalue weighted by Crippen LogP contribution is -2.28. The largest absolute Gasteiger partial charge is 0.377 e. The molecule has 0 spiro atoms. The molecule has 1 aliphatic rings. The highest BCUT2D eigenvalue weighted by atomic mass is 16.5. The number of H-pyrrole nitrogens is 1. The number of nitrogens with zero attached hydrogens (tertiary/aromatic N) is 2. The molecule has 1 aromatic heterocycles. The van der Waals surface area contributed by atoms with Gasteiger partial charge in [0.25, 0.3) is 0 Å².